The van der Waals surface area contributed by atoms with Crippen LogP contribution in [0.25, 0.3) is 16.7 Å². The molecule has 0 amide bonds. The fourth-order valence-electron chi connectivity index (χ4n) is 6.64. The van der Waals surface area contributed by atoms with Gasteiger partial charge in [0.15, 0.2) is 23.3 Å². The summed E-state index contributed by atoms with van der Waals surface area (Å²) in [4.78, 5) is 0. The lowest BCUT2D eigenvalue weighted by molar-refractivity contribution is 0.269. The third-order valence-corrected chi connectivity index (χ3v) is 8.87. The molecule has 0 aliphatic heterocycles. The SMILES string of the molecule is Cc1cc2c(c(F)c1F)-c1c(cc(C3=CCC(CCCCC4CCC(C)CC4)CC3)c(F)c1F)C2. The van der Waals surface area contributed by atoms with E-state index in [9.17, 15) is 8.78 Å². The van der Waals surface area contributed by atoms with Crippen LogP contribution in [0.15, 0.2) is 18.2 Å². The van der Waals surface area contributed by atoms with Gasteiger partial charge in [-0.2, -0.15) is 0 Å². The van der Waals surface area contributed by atoms with Gasteiger partial charge >= 0.3 is 0 Å². The van der Waals surface area contributed by atoms with E-state index >= 15 is 8.78 Å². The first kappa shape index (κ1) is 24.6. The smallest absolute Gasteiger partial charge is 0.167 e. The minimum Gasteiger partial charge on any atom is -0.203 e. The van der Waals surface area contributed by atoms with E-state index in [0.29, 0.717) is 23.5 Å². The average molecular weight is 485 g/mol. The van der Waals surface area contributed by atoms with Crippen LogP contribution in [0.1, 0.15) is 99.8 Å². The third-order valence-electron chi connectivity index (χ3n) is 8.87. The van der Waals surface area contributed by atoms with Crippen molar-refractivity contribution < 1.29 is 17.6 Å². The quantitative estimate of drug-likeness (QED) is 0.241. The summed E-state index contributed by atoms with van der Waals surface area (Å²) in [5.74, 6) is -1.64. The second-order valence-corrected chi connectivity index (χ2v) is 11.4. The predicted molar refractivity (Wildman–Crippen MR) is 134 cm³/mol. The number of benzene rings is 2. The first-order chi connectivity index (χ1) is 16.8. The first-order valence-electron chi connectivity index (χ1n) is 13.5. The topological polar surface area (TPSA) is 0 Å². The van der Waals surface area contributed by atoms with Crippen molar-refractivity contribution in [3.05, 3.63) is 63.7 Å². The largest absolute Gasteiger partial charge is 0.203 e. The minimum atomic E-state index is -1.08. The average Bonchev–Trinajstić information content (AvgIpc) is 3.22. The molecule has 0 spiro atoms. The molecule has 0 nitrogen and oxygen atoms in total. The van der Waals surface area contributed by atoms with Crippen molar-refractivity contribution in [3.8, 4) is 11.1 Å². The predicted octanol–water partition coefficient (Wildman–Crippen LogP) is 9.69. The maximum Gasteiger partial charge on any atom is 0.167 e. The van der Waals surface area contributed by atoms with Gasteiger partial charge in [0, 0.05) is 16.7 Å². The summed E-state index contributed by atoms with van der Waals surface area (Å²) in [6, 6.07) is 3.21. The van der Waals surface area contributed by atoms with Gasteiger partial charge in [-0.1, -0.05) is 70.4 Å². The maximum atomic E-state index is 15.2. The van der Waals surface area contributed by atoms with Crippen LogP contribution in [0.4, 0.5) is 17.6 Å². The molecule has 0 N–H and O–H groups in total. The van der Waals surface area contributed by atoms with E-state index < -0.39 is 23.3 Å². The van der Waals surface area contributed by atoms with E-state index in [2.05, 4.69) is 13.0 Å². The van der Waals surface area contributed by atoms with Gasteiger partial charge in [-0.3, -0.25) is 0 Å². The number of aryl methyl sites for hydroxylation is 1. The third kappa shape index (κ3) is 4.82. The van der Waals surface area contributed by atoms with Crippen molar-refractivity contribution in [2.45, 2.75) is 90.9 Å². The van der Waals surface area contributed by atoms with Gasteiger partial charge in [0.25, 0.3) is 0 Å². The van der Waals surface area contributed by atoms with Gasteiger partial charge in [0.1, 0.15) is 0 Å². The van der Waals surface area contributed by atoms with Crippen molar-refractivity contribution in [2.24, 2.45) is 17.8 Å². The van der Waals surface area contributed by atoms with E-state index in [0.717, 1.165) is 36.7 Å². The van der Waals surface area contributed by atoms with Crippen LogP contribution >= 0.6 is 0 Å². The molecule has 35 heavy (non-hydrogen) atoms. The molecule has 0 heterocycles. The Kier molecular flexibility index (Phi) is 7.10. The van der Waals surface area contributed by atoms with Gasteiger partial charge in [-0.25, -0.2) is 17.6 Å². The van der Waals surface area contributed by atoms with Crippen LogP contribution in [0.2, 0.25) is 0 Å². The van der Waals surface area contributed by atoms with Crippen molar-refractivity contribution in [1.82, 2.24) is 0 Å². The van der Waals surface area contributed by atoms with E-state index in [1.165, 1.54) is 58.3 Å². The van der Waals surface area contributed by atoms with E-state index in [1.54, 1.807) is 12.1 Å². The molecule has 0 saturated heterocycles. The number of fused-ring (bicyclic) bond motifs is 3. The molecule has 3 aliphatic carbocycles. The number of rotatable bonds is 6. The summed E-state index contributed by atoms with van der Waals surface area (Å²) in [6.45, 7) is 3.86. The number of hydrogen-bond donors (Lipinski definition) is 0. The first-order valence-corrected chi connectivity index (χ1v) is 13.5. The summed E-state index contributed by atoms with van der Waals surface area (Å²) < 4.78 is 59.1. The fraction of sp³-hybridized carbons (Fsp3) is 0.548. The summed E-state index contributed by atoms with van der Waals surface area (Å²) in [6.07, 6.45) is 15.7. The zero-order valence-corrected chi connectivity index (χ0v) is 21.0. The number of unbranched alkanes of at least 4 members (excludes halogenated alkanes) is 1. The molecule has 1 unspecified atom stereocenters. The molecule has 4 heteroatoms. The monoisotopic (exact) mass is 484 g/mol. The highest BCUT2D eigenvalue weighted by molar-refractivity contribution is 5.81. The highest BCUT2D eigenvalue weighted by atomic mass is 19.2. The zero-order valence-electron chi connectivity index (χ0n) is 21.0. The van der Waals surface area contributed by atoms with Crippen LogP contribution in [0.5, 0.6) is 0 Å². The van der Waals surface area contributed by atoms with Crippen molar-refractivity contribution in [1.29, 1.82) is 0 Å². The normalized spacial score (nSPS) is 23.7. The Balaban J connectivity index is 1.23. The van der Waals surface area contributed by atoms with Crippen molar-refractivity contribution >= 4 is 5.57 Å². The number of halogens is 4. The van der Waals surface area contributed by atoms with E-state index in [4.69, 9.17) is 0 Å². The lowest BCUT2D eigenvalue weighted by Gasteiger charge is -2.26. The molecular formula is C31H36F4. The molecule has 1 fully saturated rings. The number of allylic oxidation sites excluding steroid dienone is 2. The second kappa shape index (κ2) is 10.1. The lowest BCUT2D eigenvalue weighted by atomic mass is 9.79. The molecule has 188 valence electrons. The van der Waals surface area contributed by atoms with Gasteiger partial charge in [-0.15, -0.1) is 0 Å². The van der Waals surface area contributed by atoms with Gasteiger partial charge in [0.05, 0.1) is 0 Å². The van der Waals surface area contributed by atoms with Crippen LogP contribution in [0, 0.1) is 47.9 Å². The van der Waals surface area contributed by atoms with Crippen LogP contribution in [-0.4, -0.2) is 0 Å². The molecule has 2 aromatic carbocycles. The summed E-state index contributed by atoms with van der Waals surface area (Å²) in [5, 5.41) is 0. The Morgan fingerprint density at radius 2 is 1.37 bits per heavy atom. The molecule has 0 aromatic heterocycles. The Labute approximate surface area is 206 Å². The molecular weight excluding hydrogens is 448 g/mol. The maximum absolute atomic E-state index is 15.2. The lowest BCUT2D eigenvalue weighted by Crippen LogP contribution is -2.12. The van der Waals surface area contributed by atoms with Gasteiger partial charge in [0.2, 0.25) is 0 Å². The van der Waals surface area contributed by atoms with Gasteiger partial charge < -0.3 is 0 Å². The fourth-order valence-corrected chi connectivity index (χ4v) is 6.64. The van der Waals surface area contributed by atoms with Crippen molar-refractivity contribution in [2.75, 3.05) is 0 Å². The van der Waals surface area contributed by atoms with Crippen LogP contribution < -0.4 is 0 Å². The van der Waals surface area contributed by atoms with Crippen LogP contribution in [0.3, 0.4) is 0 Å². The van der Waals surface area contributed by atoms with E-state index in [-0.39, 0.29) is 22.3 Å². The molecule has 5 rings (SSSR count). The number of hydrogen-bond acceptors (Lipinski definition) is 0. The molecule has 0 bridgehead atoms. The molecule has 1 atom stereocenters. The Morgan fingerprint density at radius 3 is 2.03 bits per heavy atom. The summed E-state index contributed by atoms with van der Waals surface area (Å²) in [5.41, 5.74) is 2.15. The van der Waals surface area contributed by atoms with Crippen molar-refractivity contribution in [3.63, 3.8) is 0 Å². The highest BCUT2D eigenvalue weighted by Crippen LogP contribution is 2.45. The van der Waals surface area contributed by atoms with E-state index in [1.807, 2.05) is 0 Å². The Hall–Kier alpha value is -2.10. The highest BCUT2D eigenvalue weighted by Gasteiger charge is 2.32. The molecule has 3 aliphatic rings. The standard InChI is InChI=1S/C31H36F4/c1-18-7-9-20(10-8-18)5-3-4-6-21-11-13-22(14-12-21)25-17-24-16-23-15-19(2)28(32)30(34)26(23)27(24)31(35)29(25)33/h13,15,17-18,20-21H,3-12,14,16H2,1-2H3. The summed E-state index contributed by atoms with van der Waals surface area (Å²) in [7, 11) is 0. The second-order valence-electron chi connectivity index (χ2n) is 11.4. The molecule has 1 saturated carbocycles. The van der Waals surface area contributed by atoms with Crippen LogP contribution in [-0.2, 0) is 6.42 Å². The Morgan fingerprint density at radius 1 is 0.743 bits per heavy atom. The zero-order chi connectivity index (χ0) is 24.7. The Bertz CT molecular complexity index is 1140. The molecule has 0 radical (unpaired) electrons. The molecule has 2 aromatic rings. The minimum absolute atomic E-state index is 0.112. The summed E-state index contributed by atoms with van der Waals surface area (Å²) >= 11 is 0. The van der Waals surface area contributed by atoms with Gasteiger partial charge in [-0.05, 0) is 78.7 Å².